The van der Waals surface area contributed by atoms with E-state index >= 15 is 0 Å². The van der Waals surface area contributed by atoms with Crippen molar-refractivity contribution in [3.63, 3.8) is 0 Å². The number of anilines is 1. The number of hydrogen-bond donors (Lipinski definition) is 1. The zero-order valence-electron chi connectivity index (χ0n) is 18.6. The minimum atomic E-state index is -4.13. The van der Waals surface area contributed by atoms with Gasteiger partial charge in [0.1, 0.15) is 22.4 Å². The Balaban J connectivity index is 1.87. The van der Waals surface area contributed by atoms with Gasteiger partial charge in [0, 0.05) is 37.2 Å². The van der Waals surface area contributed by atoms with Gasteiger partial charge in [-0.1, -0.05) is 0 Å². The molecule has 0 aliphatic carbocycles. The molecule has 0 spiro atoms. The van der Waals surface area contributed by atoms with Gasteiger partial charge in [-0.15, -0.1) is 0 Å². The molecular weight excluding hydrogens is 441 g/mol. The molecule has 0 saturated carbocycles. The first-order valence-electron chi connectivity index (χ1n) is 9.92. The van der Waals surface area contributed by atoms with Crippen LogP contribution in [0.15, 0.2) is 23.1 Å². The average molecular weight is 468 g/mol. The smallest absolute Gasteiger partial charge is 0.341 e. The number of benzene rings is 1. The predicted octanol–water partition coefficient (Wildman–Crippen LogP) is 1.90. The van der Waals surface area contributed by atoms with Crippen LogP contribution in [0.3, 0.4) is 0 Å². The van der Waals surface area contributed by atoms with Crippen molar-refractivity contribution in [2.75, 3.05) is 32.1 Å². The van der Waals surface area contributed by atoms with Gasteiger partial charge in [0.25, 0.3) is 5.91 Å². The summed E-state index contributed by atoms with van der Waals surface area (Å²) >= 11 is 0. The third-order valence-corrected chi connectivity index (χ3v) is 7.69. The first-order chi connectivity index (χ1) is 15.0. The maximum Gasteiger partial charge on any atom is 0.341 e. The highest BCUT2D eigenvalue weighted by molar-refractivity contribution is 7.89. The zero-order valence-corrected chi connectivity index (χ0v) is 19.4. The number of sulfonamides is 1. The Bertz CT molecular complexity index is 1170. The summed E-state index contributed by atoms with van der Waals surface area (Å²) in [6, 6.07) is 4.12. The van der Waals surface area contributed by atoms with Gasteiger partial charge in [-0.05, 0) is 44.5 Å². The van der Waals surface area contributed by atoms with Crippen LogP contribution in [-0.2, 0) is 31.3 Å². The third kappa shape index (κ3) is 4.27. The Kier molecular flexibility index (Phi) is 6.72. The van der Waals surface area contributed by atoms with Crippen LogP contribution in [0.25, 0.3) is 0 Å². The number of esters is 1. The lowest BCUT2D eigenvalue weighted by Gasteiger charge is -2.31. The number of amides is 1. The molecule has 1 atom stereocenters. The molecule has 1 fully saturated rings. The molecule has 32 heavy (non-hydrogen) atoms. The number of carbonyl (C=O) groups is 2. The molecule has 1 aromatic carbocycles. The van der Waals surface area contributed by atoms with Crippen LogP contribution >= 0.6 is 0 Å². The van der Waals surface area contributed by atoms with Crippen LogP contribution in [0.4, 0.5) is 10.1 Å². The molecule has 11 heteroatoms. The molecule has 1 aliphatic rings. The number of ether oxygens (including phenoxy) is 2. The van der Waals surface area contributed by atoms with Crippen LogP contribution in [0.1, 0.15) is 27.3 Å². The molecule has 0 unspecified atom stereocenters. The summed E-state index contributed by atoms with van der Waals surface area (Å²) in [5.41, 5.74) is 1.56. The molecule has 0 bridgehead atoms. The molecule has 174 valence electrons. The monoisotopic (exact) mass is 467 g/mol. The van der Waals surface area contributed by atoms with Gasteiger partial charge in [-0.3, -0.25) is 4.79 Å². The number of nitrogens with zero attached hydrogens (tertiary/aromatic N) is 2. The highest BCUT2D eigenvalue weighted by Gasteiger charge is 2.39. The Morgan fingerprint density at radius 1 is 1.22 bits per heavy atom. The van der Waals surface area contributed by atoms with Crippen molar-refractivity contribution in [2.24, 2.45) is 7.05 Å². The summed E-state index contributed by atoms with van der Waals surface area (Å²) in [5.74, 6) is -1.70. The Morgan fingerprint density at radius 3 is 2.53 bits per heavy atom. The van der Waals surface area contributed by atoms with Gasteiger partial charge in [0.2, 0.25) is 10.0 Å². The molecule has 1 aliphatic heterocycles. The van der Waals surface area contributed by atoms with E-state index in [1.165, 1.54) is 25.3 Å². The summed E-state index contributed by atoms with van der Waals surface area (Å²) in [5, 5.41) is 2.62. The molecule has 3 rings (SSSR count). The number of halogens is 1. The molecule has 0 radical (unpaired) electrons. The number of aromatic nitrogens is 1. The molecule has 1 amide bonds. The quantitative estimate of drug-likeness (QED) is 0.674. The molecule has 1 N–H and O–H groups in total. The third-order valence-electron chi connectivity index (χ3n) is 5.66. The highest BCUT2D eigenvalue weighted by atomic mass is 32.2. The Morgan fingerprint density at radius 2 is 1.91 bits per heavy atom. The highest BCUT2D eigenvalue weighted by Crippen LogP contribution is 2.30. The van der Waals surface area contributed by atoms with E-state index in [2.05, 4.69) is 5.32 Å². The predicted molar refractivity (Wildman–Crippen MR) is 114 cm³/mol. The lowest BCUT2D eigenvalue weighted by molar-refractivity contribution is -0.130. The first kappa shape index (κ1) is 23.9. The van der Waals surface area contributed by atoms with Crippen LogP contribution in [0.5, 0.6) is 0 Å². The molecule has 1 saturated heterocycles. The second-order valence-corrected chi connectivity index (χ2v) is 9.48. The molecule has 2 heterocycles. The maximum atomic E-state index is 13.5. The van der Waals surface area contributed by atoms with E-state index in [4.69, 9.17) is 9.47 Å². The van der Waals surface area contributed by atoms with Gasteiger partial charge >= 0.3 is 5.97 Å². The maximum absolute atomic E-state index is 13.5. The lowest BCUT2D eigenvalue weighted by Crippen LogP contribution is -2.50. The number of methoxy groups -OCH3 is 1. The number of nitrogens with one attached hydrogen (secondary N) is 1. The van der Waals surface area contributed by atoms with E-state index in [9.17, 15) is 22.4 Å². The molecular formula is C21H26FN3O6S. The van der Waals surface area contributed by atoms with Crippen molar-refractivity contribution in [1.29, 1.82) is 0 Å². The number of rotatable bonds is 5. The molecule has 9 nitrogen and oxygen atoms in total. The second-order valence-electron chi connectivity index (χ2n) is 7.60. The average Bonchev–Trinajstić information content (AvgIpc) is 3.00. The summed E-state index contributed by atoms with van der Waals surface area (Å²) < 4.78 is 53.5. The van der Waals surface area contributed by atoms with Gasteiger partial charge in [0.15, 0.2) is 0 Å². The summed E-state index contributed by atoms with van der Waals surface area (Å²) in [4.78, 5) is 24.9. The number of aryl methyl sites for hydroxylation is 1. The van der Waals surface area contributed by atoms with E-state index in [0.29, 0.717) is 22.6 Å². The van der Waals surface area contributed by atoms with Gasteiger partial charge < -0.3 is 19.4 Å². The second kappa shape index (κ2) is 9.00. The van der Waals surface area contributed by atoms with Crippen molar-refractivity contribution in [3.8, 4) is 0 Å². The fourth-order valence-electron chi connectivity index (χ4n) is 3.65. The number of morpholine rings is 1. The van der Waals surface area contributed by atoms with Gasteiger partial charge in [0.05, 0.1) is 13.7 Å². The minimum absolute atomic E-state index is 0.00180. The number of carbonyl (C=O) groups excluding carboxylic acids is 2. The van der Waals surface area contributed by atoms with E-state index in [1.54, 1.807) is 32.4 Å². The largest absolute Gasteiger partial charge is 0.465 e. The summed E-state index contributed by atoms with van der Waals surface area (Å²) in [6.07, 6.45) is -1.07. The van der Waals surface area contributed by atoms with E-state index in [-0.39, 0.29) is 30.2 Å². The Labute approximate surface area is 186 Å². The summed E-state index contributed by atoms with van der Waals surface area (Å²) in [7, 11) is -1.28. The van der Waals surface area contributed by atoms with E-state index in [0.717, 1.165) is 4.31 Å². The fourth-order valence-corrected chi connectivity index (χ4v) is 5.56. The van der Waals surface area contributed by atoms with Crippen molar-refractivity contribution >= 4 is 27.6 Å². The SMILES string of the molecule is COC(=O)c1c(S(=O)(=O)N2CCO[C@H](C(=O)Nc3ccc(F)c(C)c3)C2)c(C)n(C)c1C. The lowest BCUT2D eigenvalue weighted by atomic mass is 10.2. The number of hydrogen-bond acceptors (Lipinski definition) is 6. The topological polar surface area (TPSA) is 107 Å². The minimum Gasteiger partial charge on any atom is -0.465 e. The van der Waals surface area contributed by atoms with Gasteiger partial charge in [-0.25, -0.2) is 17.6 Å². The Hall–Kier alpha value is -2.76. The molecule has 1 aromatic heterocycles. The van der Waals surface area contributed by atoms with Crippen molar-refractivity contribution < 1.29 is 31.9 Å². The van der Waals surface area contributed by atoms with Crippen LogP contribution in [0.2, 0.25) is 0 Å². The zero-order chi connectivity index (χ0) is 23.8. The van der Waals surface area contributed by atoms with Crippen molar-refractivity contribution in [3.05, 3.63) is 46.5 Å². The van der Waals surface area contributed by atoms with Crippen molar-refractivity contribution in [2.45, 2.75) is 31.8 Å². The molecule has 2 aromatic rings. The normalized spacial score (nSPS) is 17.2. The van der Waals surface area contributed by atoms with E-state index in [1.807, 2.05) is 0 Å². The van der Waals surface area contributed by atoms with Crippen LogP contribution in [0, 0.1) is 26.6 Å². The van der Waals surface area contributed by atoms with Crippen LogP contribution in [-0.4, -0.2) is 62.1 Å². The van der Waals surface area contributed by atoms with Gasteiger partial charge in [-0.2, -0.15) is 4.31 Å². The van der Waals surface area contributed by atoms with E-state index < -0.39 is 33.8 Å². The first-order valence-corrected chi connectivity index (χ1v) is 11.4. The fraction of sp³-hybridized carbons (Fsp3) is 0.429. The van der Waals surface area contributed by atoms with Crippen LogP contribution < -0.4 is 5.32 Å². The summed E-state index contributed by atoms with van der Waals surface area (Å²) in [6.45, 7) is 4.60. The standard InChI is InChI=1S/C21H26FN3O6S/c1-12-10-15(6-7-16(12)22)23-20(26)17-11-25(8-9-31-17)32(28,29)19-14(3)24(4)13(2)18(19)21(27)30-5/h6-7,10,17H,8-9,11H2,1-5H3,(H,23,26)/t17-/m0/s1. The van der Waals surface area contributed by atoms with Crippen molar-refractivity contribution in [1.82, 2.24) is 8.87 Å².